The average molecular weight is 1180 g/mol. The summed E-state index contributed by atoms with van der Waals surface area (Å²) in [4.78, 5) is -0.394. The monoisotopic (exact) mass is 1180 g/mol. The smallest absolute Gasteiger partial charge is 0.490 e. The molecular weight excluding hydrogens is 1130 g/mol. The van der Waals surface area contributed by atoms with Crippen molar-refractivity contribution in [2.45, 2.75) is 147 Å². The first-order valence-electron chi connectivity index (χ1n) is 23.6. The molecule has 2 unspecified atom stereocenters. The van der Waals surface area contributed by atoms with E-state index in [-0.39, 0.29) is 62.0 Å². The minimum Gasteiger partial charge on any atom is -0.490 e. The fourth-order valence-corrected chi connectivity index (χ4v) is 7.47. The van der Waals surface area contributed by atoms with E-state index in [0.717, 1.165) is 51.4 Å². The fraction of sp³-hybridized carbons (Fsp3) is 0.510. The number of hydrogen-bond acceptors (Lipinski definition) is 4. The van der Waals surface area contributed by atoms with Crippen LogP contribution in [0.1, 0.15) is 136 Å². The molecule has 0 radical (unpaired) electrons. The summed E-state index contributed by atoms with van der Waals surface area (Å²) in [7, 11) is -3.31. The van der Waals surface area contributed by atoms with Gasteiger partial charge in [0.15, 0.2) is 17.7 Å². The highest BCUT2D eigenvalue weighted by atomic mass is 19.4. The van der Waals surface area contributed by atoms with E-state index in [0.29, 0.717) is 25.0 Å². The van der Waals surface area contributed by atoms with Crippen molar-refractivity contribution in [3.05, 3.63) is 117 Å². The molecule has 4 rings (SSSR count). The van der Waals surface area contributed by atoms with Crippen molar-refractivity contribution in [1.29, 1.82) is 0 Å². The Morgan fingerprint density at radius 1 is 0.405 bits per heavy atom. The summed E-state index contributed by atoms with van der Waals surface area (Å²) < 4.78 is 346. The Bertz CT molecular complexity index is 2360. The van der Waals surface area contributed by atoms with Crippen LogP contribution >= 0.6 is 0 Å². The van der Waals surface area contributed by atoms with Gasteiger partial charge in [-0.05, 0) is 68.3 Å². The van der Waals surface area contributed by atoms with Crippen molar-refractivity contribution in [3.63, 3.8) is 0 Å². The van der Waals surface area contributed by atoms with Crippen LogP contribution < -0.4 is 18.9 Å². The molecule has 0 aliphatic heterocycles. The first kappa shape index (κ1) is 67.9. The average Bonchev–Trinajstić information content (AvgIpc) is 3.29. The lowest BCUT2D eigenvalue weighted by Gasteiger charge is -2.30. The molecule has 30 heteroatoms. The molecule has 0 fully saturated rings. The summed E-state index contributed by atoms with van der Waals surface area (Å²) in [6.07, 6.45) is -35.9. The molecule has 0 aliphatic carbocycles. The molecule has 2 atom stereocenters. The Morgan fingerprint density at radius 3 is 1.06 bits per heavy atom. The molecule has 0 spiro atoms. The predicted octanol–water partition coefficient (Wildman–Crippen LogP) is 18.1. The zero-order valence-corrected chi connectivity index (χ0v) is 41.4. The molecule has 5 nitrogen and oxygen atoms in total. The lowest BCUT2D eigenvalue weighted by Crippen LogP contribution is -3.11. The van der Waals surface area contributed by atoms with Gasteiger partial charge in [-0.2, -0.15) is 124 Å². The van der Waals surface area contributed by atoms with E-state index in [1.54, 1.807) is 6.07 Å². The van der Waals surface area contributed by atoms with Gasteiger partial charge in [0.2, 0.25) is 0 Å². The summed E-state index contributed by atoms with van der Waals surface area (Å²) in [5.41, 5.74) is -16.5. The van der Waals surface area contributed by atoms with Gasteiger partial charge in [-0.15, -0.1) is 6.07 Å². The Kier molecular flexibility index (Phi) is 23.5. The number of unbranched alkanes of at least 4 members (excludes halogenated alkanes) is 10. The van der Waals surface area contributed by atoms with Crippen LogP contribution in [0.4, 0.5) is 111 Å². The van der Waals surface area contributed by atoms with Crippen LogP contribution in [0.2, 0.25) is 0 Å². The van der Waals surface area contributed by atoms with Crippen molar-refractivity contribution in [3.8, 4) is 17.2 Å². The van der Waals surface area contributed by atoms with Crippen molar-refractivity contribution < 1.29 is 129 Å². The van der Waals surface area contributed by atoms with Gasteiger partial charge in [0, 0.05) is 6.92 Å². The van der Waals surface area contributed by atoms with Crippen molar-refractivity contribution in [2.75, 3.05) is 13.2 Å². The van der Waals surface area contributed by atoms with E-state index in [2.05, 4.69) is 6.92 Å². The molecule has 0 aromatic heterocycles. The van der Waals surface area contributed by atoms with Gasteiger partial charge in [0.25, 0.3) is 0 Å². The number of benzene rings is 4. The molecule has 0 aliphatic rings. The first-order valence-corrected chi connectivity index (χ1v) is 23.6. The lowest BCUT2D eigenvalue weighted by atomic mass is 10.0. The molecule has 4 aromatic rings. The van der Waals surface area contributed by atoms with E-state index >= 15 is 0 Å². The Balaban J connectivity index is 0.00000101. The minimum atomic E-state index is -5.69. The van der Waals surface area contributed by atoms with Crippen molar-refractivity contribution in [1.82, 2.24) is 0 Å². The minimum absolute atomic E-state index is 0.0521. The van der Waals surface area contributed by atoms with Gasteiger partial charge in [-0.3, -0.25) is 4.90 Å². The van der Waals surface area contributed by atoms with E-state index in [9.17, 15) is 105 Å². The van der Waals surface area contributed by atoms with Crippen LogP contribution in [0, 0.1) is 6.07 Å². The molecule has 444 valence electrons. The maximum Gasteiger partial charge on any atom is 0.864 e. The Morgan fingerprint density at radius 2 is 0.734 bits per heavy atom. The second kappa shape index (κ2) is 27.4. The number of hydrogen-bond donors (Lipinski definition) is 1. The zero-order chi connectivity index (χ0) is 60.2. The summed E-state index contributed by atoms with van der Waals surface area (Å²) in [5.74, 6) is -4.75. The number of nitrogens with one attached hydrogen (secondary N) is 1. The number of ether oxygens (including phenoxy) is 1. The van der Waals surface area contributed by atoms with Crippen LogP contribution in [0.15, 0.2) is 66.7 Å². The standard InChI is InChI=1S/C41H44BF18NO4.C8H3F6/c1-4-6-7-8-9-10-11-12-13-14-15-16-61(25(3)62-5-2)35-33(41(58,59)60)23-30(40(55,56)57)24-34(35)65-42(63-31-19-26(36(43,44)45)17-27(20-31)37(46,47)48)64-32-21-28(38(49,50)51)18-29(22-32)39(52,53)54;9-7(10,11)5-2-1-3-6(4-5)8(12,13)14/h17-25H,4-16H2,1-3H3;2-4H/q;-1/p+1. The van der Waals surface area contributed by atoms with Crippen LogP contribution in [-0.2, 0) is 54.1 Å². The van der Waals surface area contributed by atoms with Crippen LogP contribution in [0.25, 0.3) is 0 Å². The topological polar surface area (TPSA) is 41.4 Å². The molecular formula is C49H48BF24NO4. The molecule has 0 heterocycles. The Hall–Kier alpha value is -5.42. The molecule has 0 bridgehead atoms. The third-order valence-corrected chi connectivity index (χ3v) is 11.3. The molecule has 0 amide bonds. The summed E-state index contributed by atoms with van der Waals surface area (Å²) in [6.45, 7) is 4.16. The zero-order valence-electron chi connectivity index (χ0n) is 41.4. The van der Waals surface area contributed by atoms with Crippen LogP contribution in [0.5, 0.6) is 17.2 Å². The number of halogens is 24. The first-order chi connectivity index (χ1) is 36.1. The molecule has 4 aromatic carbocycles. The Labute approximate surface area is 436 Å². The highest BCUT2D eigenvalue weighted by molar-refractivity contribution is 6.39. The highest BCUT2D eigenvalue weighted by Crippen LogP contribution is 2.45. The third kappa shape index (κ3) is 21.9. The third-order valence-electron chi connectivity index (χ3n) is 11.3. The van der Waals surface area contributed by atoms with Crippen molar-refractivity contribution >= 4 is 13.0 Å². The largest absolute Gasteiger partial charge is 0.864 e. The summed E-state index contributed by atoms with van der Waals surface area (Å²) >= 11 is 0. The van der Waals surface area contributed by atoms with Crippen LogP contribution in [-0.4, -0.2) is 26.7 Å². The lowest BCUT2D eigenvalue weighted by molar-refractivity contribution is -0.885. The molecule has 79 heavy (non-hydrogen) atoms. The normalized spacial score (nSPS) is 13.9. The number of quaternary nitrogens is 1. The quantitative estimate of drug-likeness (QED) is 0.0280. The molecule has 0 saturated carbocycles. The highest BCUT2D eigenvalue weighted by Gasteiger charge is 2.47. The second-order valence-corrected chi connectivity index (χ2v) is 17.4. The van der Waals surface area contributed by atoms with Gasteiger partial charge in [0.05, 0.1) is 41.0 Å². The van der Waals surface area contributed by atoms with E-state index in [1.807, 2.05) is 0 Å². The van der Waals surface area contributed by atoms with Gasteiger partial charge in [-0.1, -0.05) is 75.8 Å². The van der Waals surface area contributed by atoms with Gasteiger partial charge in [0.1, 0.15) is 17.1 Å². The molecule has 0 saturated heterocycles. The van der Waals surface area contributed by atoms with Gasteiger partial charge < -0.3 is 18.7 Å². The maximum absolute atomic E-state index is 15.0. The van der Waals surface area contributed by atoms with Gasteiger partial charge in [-0.25, -0.2) is 0 Å². The van der Waals surface area contributed by atoms with Crippen LogP contribution in [0.3, 0.4) is 0 Å². The van der Waals surface area contributed by atoms with Crippen molar-refractivity contribution in [2.24, 2.45) is 0 Å². The summed E-state index contributed by atoms with van der Waals surface area (Å²) in [5, 5.41) is 0. The van der Waals surface area contributed by atoms with E-state index in [1.165, 1.54) is 13.8 Å². The predicted molar refractivity (Wildman–Crippen MR) is 235 cm³/mol. The van der Waals surface area contributed by atoms with E-state index < -0.39 is 147 Å². The summed E-state index contributed by atoms with van der Waals surface area (Å²) in [6, 6.07) is 0.879. The fourth-order valence-electron chi connectivity index (χ4n) is 7.47. The van der Waals surface area contributed by atoms with E-state index in [4.69, 9.17) is 18.7 Å². The molecule has 1 N–H and O–H groups in total. The van der Waals surface area contributed by atoms with Gasteiger partial charge >= 0.3 is 56.7 Å². The number of alkyl halides is 24. The SMILES string of the molecule is CCCCCCCCCCCCC[NH+](c1c(OB(Oc2cc(C(F)(F)F)cc(C(F)(F)F)c2)Oc2cc(C(F)(F)F)cc(C(F)(F)F)c2)cc(C(F)(F)F)cc1C(F)(F)F)C(C)OCC.FC(F)(F)c1c[c-]cc(C(F)(F)F)c1. The maximum atomic E-state index is 15.0. The number of rotatable bonds is 22. The second-order valence-electron chi connectivity index (χ2n) is 17.4.